The Labute approximate surface area is 113 Å². The molecule has 2 atom stereocenters. The smallest absolute Gasteiger partial charge is 0.229 e. The van der Waals surface area contributed by atoms with Gasteiger partial charge in [-0.25, -0.2) is 0 Å². The maximum absolute atomic E-state index is 12.0. The Balaban J connectivity index is 0.00000162. The van der Waals surface area contributed by atoms with Crippen LogP contribution in [0.2, 0.25) is 0 Å². The zero-order valence-corrected chi connectivity index (χ0v) is 11.2. The molecular formula is C13H19ClN2O2. The van der Waals surface area contributed by atoms with Crippen molar-refractivity contribution in [3.05, 3.63) is 23.8 Å². The fraction of sp³-hybridized carbons (Fsp3) is 0.462. The highest BCUT2D eigenvalue weighted by atomic mass is 35.5. The molecule has 1 aromatic carbocycles. The first-order chi connectivity index (χ1) is 8.08. The van der Waals surface area contributed by atoms with E-state index in [0.29, 0.717) is 5.69 Å². The molecule has 4 N–H and O–H groups in total. The Hall–Kier alpha value is -1.26. The number of nitrogens with two attached hydrogens (primary N) is 1. The summed E-state index contributed by atoms with van der Waals surface area (Å²) in [4.78, 5) is 12.0. The molecule has 18 heavy (non-hydrogen) atoms. The van der Waals surface area contributed by atoms with E-state index in [1.807, 2.05) is 6.92 Å². The molecule has 0 heterocycles. The van der Waals surface area contributed by atoms with Gasteiger partial charge in [-0.3, -0.25) is 4.79 Å². The Morgan fingerprint density at radius 1 is 1.44 bits per heavy atom. The lowest BCUT2D eigenvalue weighted by molar-refractivity contribution is -0.120. The van der Waals surface area contributed by atoms with Crippen molar-refractivity contribution in [2.45, 2.75) is 32.2 Å². The lowest BCUT2D eigenvalue weighted by Gasteiger charge is -2.16. The normalized spacial score (nSPS) is 22.3. The van der Waals surface area contributed by atoms with Gasteiger partial charge >= 0.3 is 0 Å². The number of amides is 1. The molecule has 1 aliphatic rings. The molecule has 5 heteroatoms. The molecule has 100 valence electrons. The van der Waals surface area contributed by atoms with Gasteiger partial charge in [-0.1, -0.05) is 12.5 Å². The number of carbonyl (C=O) groups excluding carboxylic acids is 1. The summed E-state index contributed by atoms with van der Waals surface area (Å²) < 4.78 is 0. The van der Waals surface area contributed by atoms with Gasteiger partial charge in [0.2, 0.25) is 5.91 Å². The van der Waals surface area contributed by atoms with E-state index in [-0.39, 0.29) is 36.0 Å². The second-order valence-corrected chi connectivity index (χ2v) is 4.71. The molecule has 1 aliphatic carbocycles. The largest absolute Gasteiger partial charge is 0.506 e. The van der Waals surface area contributed by atoms with Crippen molar-refractivity contribution in [2.75, 3.05) is 5.32 Å². The zero-order valence-electron chi connectivity index (χ0n) is 10.3. The number of anilines is 1. The average Bonchev–Trinajstić information content (AvgIpc) is 2.70. The summed E-state index contributed by atoms with van der Waals surface area (Å²) in [6.45, 7) is 1.91. The maximum atomic E-state index is 12.0. The Kier molecular flexibility index (Phi) is 4.99. The number of rotatable bonds is 2. The topological polar surface area (TPSA) is 75.3 Å². The van der Waals surface area contributed by atoms with Crippen LogP contribution in [0.4, 0.5) is 5.69 Å². The molecule has 0 aromatic heterocycles. The maximum Gasteiger partial charge on any atom is 0.229 e. The Morgan fingerprint density at radius 3 is 2.78 bits per heavy atom. The number of hydrogen-bond acceptors (Lipinski definition) is 3. The van der Waals surface area contributed by atoms with Crippen LogP contribution >= 0.6 is 12.4 Å². The first-order valence-electron chi connectivity index (χ1n) is 5.94. The van der Waals surface area contributed by atoms with Gasteiger partial charge in [-0.05, 0) is 37.5 Å². The van der Waals surface area contributed by atoms with Crippen molar-refractivity contribution in [3.8, 4) is 5.75 Å². The van der Waals surface area contributed by atoms with Gasteiger partial charge in [0.25, 0.3) is 0 Å². The van der Waals surface area contributed by atoms with Crippen LogP contribution in [0.25, 0.3) is 0 Å². The number of phenols is 1. The van der Waals surface area contributed by atoms with Gasteiger partial charge in [0.05, 0.1) is 11.6 Å². The standard InChI is InChI=1S/C13H18N2O2.ClH/c1-8-5-6-12(16)11(7-8)15-13(17)9-3-2-4-10(9)14;/h5-7,9-10,16H,2-4,14H2,1H3,(H,15,17);1H. The summed E-state index contributed by atoms with van der Waals surface area (Å²) in [5, 5.41) is 12.4. The monoisotopic (exact) mass is 270 g/mol. The average molecular weight is 271 g/mol. The molecular weight excluding hydrogens is 252 g/mol. The molecule has 2 unspecified atom stereocenters. The third-order valence-corrected chi connectivity index (χ3v) is 3.32. The lowest BCUT2D eigenvalue weighted by atomic mass is 10.0. The van der Waals surface area contributed by atoms with Gasteiger partial charge in [-0.2, -0.15) is 0 Å². The second kappa shape index (κ2) is 6.07. The first-order valence-corrected chi connectivity index (χ1v) is 5.94. The van der Waals surface area contributed by atoms with E-state index in [4.69, 9.17) is 5.73 Å². The molecule has 0 aliphatic heterocycles. The van der Waals surface area contributed by atoms with Crippen LogP contribution in [-0.2, 0) is 4.79 Å². The first kappa shape index (κ1) is 14.8. The molecule has 0 saturated heterocycles. The third-order valence-electron chi connectivity index (χ3n) is 3.32. The fourth-order valence-corrected chi connectivity index (χ4v) is 2.29. The van der Waals surface area contributed by atoms with E-state index in [1.165, 1.54) is 0 Å². The van der Waals surface area contributed by atoms with Crippen LogP contribution < -0.4 is 11.1 Å². The van der Waals surface area contributed by atoms with Gasteiger partial charge < -0.3 is 16.2 Å². The van der Waals surface area contributed by atoms with E-state index in [9.17, 15) is 9.90 Å². The molecule has 0 bridgehead atoms. The van der Waals surface area contributed by atoms with Crippen LogP contribution in [0.15, 0.2) is 18.2 Å². The minimum absolute atomic E-state index is 0. The molecule has 1 amide bonds. The summed E-state index contributed by atoms with van der Waals surface area (Å²) in [6.07, 6.45) is 2.73. The van der Waals surface area contributed by atoms with E-state index >= 15 is 0 Å². The number of halogens is 1. The molecule has 0 radical (unpaired) electrons. The highest BCUT2D eigenvalue weighted by molar-refractivity contribution is 5.94. The lowest BCUT2D eigenvalue weighted by Crippen LogP contribution is -2.34. The van der Waals surface area contributed by atoms with Crippen LogP contribution in [0, 0.1) is 12.8 Å². The summed E-state index contributed by atoms with van der Waals surface area (Å²) in [7, 11) is 0. The van der Waals surface area contributed by atoms with E-state index < -0.39 is 0 Å². The molecule has 1 fully saturated rings. The van der Waals surface area contributed by atoms with Crippen molar-refractivity contribution in [3.63, 3.8) is 0 Å². The van der Waals surface area contributed by atoms with E-state index in [1.54, 1.807) is 18.2 Å². The number of nitrogens with one attached hydrogen (secondary N) is 1. The van der Waals surface area contributed by atoms with E-state index in [0.717, 1.165) is 24.8 Å². The van der Waals surface area contributed by atoms with Crippen molar-refractivity contribution < 1.29 is 9.90 Å². The second-order valence-electron chi connectivity index (χ2n) is 4.71. The Morgan fingerprint density at radius 2 is 2.17 bits per heavy atom. The summed E-state index contributed by atoms with van der Waals surface area (Å²) in [6, 6.07) is 5.08. The predicted octanol–water partition coefficient (Wildman–Crippen LogP) is 2.19. The summed E-state index contributed by atoms with van der Waals surface area (Å²) in [5.41, 5.74) is 7.34. The number of phenolic OH excluding ortho intramolecular Hbond substituents is 1. The van der Waals surface area contributed by atoms with Crippen LogP contribution in [0.5, 0.6) is 5.75 Å². The highest BCUT2D eigenvalue weighted by Crippen LogP contribution is 2.28. The quantitative estimate of drug-likeness (QED) is 0.721. The number of aromatic hydroxyl groups is 1. The fourth-order valence-electron chi connectivity index (χ4n) is 2.29. The summed E-state index contributed by atoms with van der Waals surface area (Å²) >= 11 is 0. The Bertz CT molecular complexity index is 437. The molecule has 1 saturated carbocycles. The number of hydrogen-bond donors (Lipinski definition) is 3. The third kappa shape index (κ3) is 3.15. The van der Waals surface area contributed by atoms with Crippen molar-refractivity contribution in [1.29, 1.82) is 0 Å². The summed E-state index contributed by atoms with van der Waals surface area (Å²) in [5.74, 6) is -0.124. The van der Waals surface area contributed by atoms with Crippen molar-refractivity contribution in [1.82, 2.24) is 0 Å². The van der Waals surface area contributed by atoms with Crippen LogP contribution in [0.1, 0.15) is 24.8 Å². The van der Waals surface area contributed by atoms with Gasteiger partial charge in [-0.15, -0.1) is 12.4 Å². The van der Waals surface area contributed by atoms with Crippen LogP contribution in [-0.4, -0.2) is 17.1 Å². The predicted molar refractivity (Wildman–Crippen MR) is 74.0 cm³/mol. The highest BCUT2D eigenvalue weighted by Gasteiger charge is 2.30. The van der Waals surface area contributed by atoms with E-state index in [2.05, 4.69) is 5.32 Å². The minimum Gasteiger partial charge on any atom is -0.506 e. The number of carbonyl (C=O) groups is 1. The van der Waals surface area contributed by atoms with Gasteiger partial charge in [0.1, 0.15) is 5.75 Å². The zero-order chi connectivity index (χ0) is 12.4. The van der Waals surface area contributed by atoms with Gasteiger partial charge in [0.15, 0.2) is 0 Å². The molecule has 1 aromatic rings. The molecule has 4 nitrogen and oxygen atoms in total. The number of benzene rings is 1. The SMILES string of the molecule is Cc1ccc(O)c(NC(=O)C2CCCC2N)c1.Cl. The van der Waals surface area contributed by atoms with Crippen LogP contribution in [0.3, 0.4) is 0 Å². The molecule has 0 spiro atoms. The number of aryl methyl sites for hydroxylation is 1. The van der Waals surface area contributed by atoms with Crippen molar-refractivity contribution >= 4 is 24.0 Å². The van der Waals surface area contributed by atoms with Gasteiger partial charge in [0, 0.05) is 6.04 Å². The van der Waals surface area contributed by atoms with Crippen molar-refractivity contribution in [2.24, 2.45) is 11.7 Å². The molecule has 2 rings (SSSR count). The minimum atomic E-state index is -0.130.